The number of carbonyl (C=O) groups is 1. The van der Waals surface area contributed by atoms with Crippen LogP contribution in [-0.4, -0.2) is 5.91 Å². The zero-order valence-electron chi connectivity index (χ0n) is 9.87. The molecule has 0 fully saturated rings. The molecule has 0 aliphatic carbocycles. The fourth-order valence-electron chi connectivity index (χ4n) is 1.66. The molecule has 2 rings (SSSR count). The van der Waals surface area contributed by atoms with Crippen LogP contribution in [0.1, 0.15) is 22.2 Å². The minimum absolute atomic E-state index is 0.153. The standard InChI is InChI=1S/C13H13BrN2OS/c1-2-8-7-9(14)3-4-11(8)16-13(17)12-10(15)5-6-18-12/h3-7H,2,15H2,1H3,(H,16,17). The molecule has 94 valence electrons. The van der Waals surface area contributed by atoms with Gasteiger partial charge >= 0.3 is 0 Å². The molecule has 3 N–H and O–H groups in total. The highest BCUT2D eigenvalue weighted by atomic mass is 79.9. The highest BCUT2D eigenvalue weighted by Crippen LogP contribution is 2.24. The maximum Gasteiger partial charge on any atom is 0.267 e. The Labute approximate surface area is 118 Å². The molecule has 1 aromatic heterocycles. The average Bonchev–Trinajstić information content (AvgIpc) is 2.77. The third-order valence-corrected chi connectivity index (χ3v) is 4.02. The molecule has 18 heavy (non-hydrogen) atoms. The van der Waals surface area contributed by atoms with Gasteiger partial charge in [-0.05, 0) is 41.6 Å². The molecular weight excluding hydrogens is 312 g/mol. The van der Waals surface area contributed by atoms with Gasteiger partial charge in [0.25, 0.3) is 5.91 Å². The fourth-order valence-corrected chi connectivity index (χ4v) is 2.78. The van der Waals surface area contributed by atoms with Crippen LogP contribution in [0.4, 0.5) is 11.4 Å². The van der Waals surface area contributed by atoms with Gasteiger partial charge in [0.2, 0.25) is 0 Å². The van der Waals surface area contributed by atoms with Crippen LogP contribution in [-0.2, 0) is 6.42 Å². The third-order valence-electron chi connectivity index (χ3n) is 2.60. The van der Waals surface area contributed by atoms with Gasteiger partial charge in [-0.1, -0.05) is 22.9 Å². The smallest absolute Gasteiger partial charge is 0.267 e. The monoisotopic (exact) mass is 324 g/mol. The van der Waals surface area contributed by atoms with E-state index in [1.165, 1.54) is 11.3 Å². The SMILES string of the molecule is CCc1cc(Br)ccc1NC(=O)c1sccc1N. The molecule has 0 bridgehead atoms. The highest BCUT2D eigenvalue weighted by Gasteiger charge is 2.12. The molecule has 3 nitrogen and oxygen atoms in total. The van der Waals surface area contributed by atoms with Crippen molar-refractivity contribution in [1.29, 1.82) is 0 Å². The van der Waals surface area contributed by atoms with Crippen LogP contribution in [0.5, 0.6) is 0 Å². The van der Waals surface area contributed by atoms with Crippen molar-refractivity contribution in [2.45, 2.75) is 13.3 Å². The first-order valence-electron chi connectivity index (χ1n) is 5.54. The predicted octanol–water partition coefficient (Wildman–Crippen LogP) is 3.91. The van der Waals surface area contributed by atoms with E-state index in [1.807, 2.05) is 23.6 Å². The number of anilines is 2. The molecule has 0 radical (unpaired) electrons. The second-order valence-corrected chi connectivity index (χ2v) is 5.65. The van der Waals surface area contributed by atoms with Gasteiger partial charge in [0, 0.05) is 10.2 Å². The first-order chi connectivity index (χ1) is 8.61. The van der Waals surface area contributed by atoms with E-state index in [4.69, 9.17) is 5.73 Å². The molecule has 1 heterocycles. The second kappa shape index (κ2) is 5.54. The minimum Gasteiger partial charge on any atom is -0.397 e. The minimum atomic E-state index is -0.153. The van der Waals surface area contributed by atoms with Gasteiger partial charge in [-0.2, -0.15) is 0 Å². The highest BCUT2D eigenvalue weighted by molar-refractivity contribution is 9.10. The summed E-state index contributed by atoms with van der Waals surface area (Å²) in [4.78, 5) is 12.6. The number of aryl methyl sites for hydroxylation is 1. The summed E-state index contributed by atoms with van der Waals surface area (Å²) in [6.07, 6.45) is 0.856. The number of hydrogen-bond donors (Lipinski definition) is 2. The van der Waals surface area contributed by atoms with Crippen LogP contribution in [0.3, 0.4) is 0 Å². The Kier molecular flexibility index (Phi) is 4.04. The van der Waals surface area contributed by atoms with Gasteiger partial charge in [-0.25, -0.2) is 0 Å². The van der Waals surface area contributed by atoms with Crippen molar-refractivity contribution in [2.75, 3.05) is 11.1 Å². The molecule has 0 spiro atoms. The molecule has 0 aliphatic heterocycles. The zero-order valence-corrected chi connectivity index (χ0v) is 12.3. The number of rotatable bonds is 3. The predicted molar refractivity (Wildman–Crippen MR) is 80.2 cm³/mol. The fraction of sp³-hybridized carbons (Fsp3) is 0.154. The zero-order chi connectivity index (χ0) is 13.1. The lowest BCUT2D eigenvalue weighted by atomic mass is 10.1. The van der Waals surface area contributed by atoms with Gasteiger partial charge in [0.1, 0.15) is 4.88 Å². The third kappa shape index (κ3) is 2.73. The maximum atomic E-state index is 12.1. The normalized spacial score (nSPS) is 10.3. The van der Waals surface area contributed by atoms with Gasteiger partial charge in [0.15, 0.2) is 0 Å². The van der Waals surface area contributed by atoms with Gasteiger partial charge < -0.3 is 11.1 Å². The molecular formula is C13H13BrN2OS. The largest absolute Gasteiger partial charge is 0.397 e. The molecule has 0 atom stereocenters. The summed E-state index contributed by atoms with van der Waals surface area (Å²) in [6.45, 7) is 2.05. The molecule has 0 aliphatic rings. The summed E-state index contributed by atoms with van der Waals surface area (Å²) in [6, 6.07) is 7.55. The number of carbonyl (C=O) groups excluding carboxylic acids is 1. The van der Waals surface area contributed by atoms with Crippen LogP contribution >= 0.6 is 27.3 Å². The first-order valence-corrected chi connectivity index (χ1v) is 7.21. The lowest BCUT2D eigenvalue weighted by Gasteiger charge is -2.10. The molecule has 2 aromatic rings. The lowest BCUT2D eigenvalue weighted by Crippen LogP contribution is -2.13. The van der Waals surface area contributed by atoms with Crippen LogP contribution in [0.15, 0.2) is 34.1 Å². The van der Waals surface area contributed by atoms with E-state index in [2.05, 4.69) is 28.2 Å². The second-order valence-electron chi connectivity index (χ2n) is 3.81. The molecule has 0 saturated carbocycles. The van der Waals surface area contributed by atoms with Crippen molar-refractivity contribution in [2.24, 2.45) is 0 Å². The summed E-state index contributed by atoms with van der Waals surface area (Å²) < 4.78 is 1.01. The first kappa shape index (κ1) is 13.1. The Bertz CT molecular complexity index is 580. The maximum absolute atomic E-state index is 12.1. The van der Waals surface area contributed by atoms with E-state index in [0.29, 0.717) is 10.6 Å². The van der Waals surface area contributed by atoms with E-state index in [0.717, 1.165) is 22.1 Å². The Morgan fingerprint density at radius 3 is 2.83 bits per heavy atom. The molecule has 0 unspecified atom stereocenters. The van der Waals surface area contributed by atoms with E-state index >= 15 is 0 Å². The number of benzene rings is 1. The summed E-state index contributed by atoms with van der Waals surface area (Å²) in [5, 5.41) is 4.71. The van der Waals surface area contributed by atoms with Crippen LogP contribution in [0.25, 0.3) is 0 Å². The quantitative estimate of drug-likeness (QED) is 0.899. The number of nitrogens with two attached hydrogens (primary N) is 1. The summed E-state index contributed by atoms with van der Waals surface area (Å²) >= 11 is 4.77. The number of thiophene rings is 1. The van der Waals surface area contributed by atoms with E-state index < -0.39 is 0 Å². The molecule has 1 aromatic carbocycles. The van der Waals surface area contributed by atoms with Crippen molar-refractivity contribution in [3.05, 3.63) is 44.6 Å². The Morgan fingerprint density at radius 1 is 1.44 bits per heavy atom. The van der Waals surface area contributed by atoms with Crippen molar-refractivity contribution >= 4 is 44.5 Å². The van der Waals surface area contributed by atoms with E-state index in [1.54, 1.807) is 6.07 Å². The average molecular weight is 325 g/mol. The number of amides is 1. The van der Waals surface area contributed by atoms with Crippen molar-refractivity contribution in [3.63, 3.8) is 0 Å². The van der Waals surface area contributed by atoms with E-state index in [-0.39, 0.29) is 5.91 Å². The van der Waals surface area contributed by atoms with Gasteiger partial charge in [0.05, 0.1) is 5.69 Å². The summed E-state index contributed by atoms with van der Waals surface area (Å²) in [7, 11) is 0. The van der Waals surface area contributed by atoms with E-state index in [9.17, 15) is 4.79 Å². The number of nitrogens with one attached hydrogen (secondary N) is 1. The van der Waals surface area contributed by atoms with Crippen LogP contribution in [0.2, 0.25) is 0 Å². The summed E-state index contributed by atoms with van der Waals surface area (Å²) in [5.41, 5.74) is 8.18. The number of nitrogen functional groups attached to an aromatic ring is 1. The lowest BCUT2D eigenvalue weighted by molar-refractivity contribution is 0.103. The molecule has 1 amide bonds. The number of halogens is 1. The van der Waals surface area contributed by atoms with Gasteiger partial charge in [-0.15, -0.1) is 11.3 Å². The Balaban J connectivity index is 2.24. The van der Waals surface area contributed by atoms with Crippen molar-refractivity contribution in [3.8, 4) is 0 Å². The van der Waals surface area contributed by atoms with Crippen LogP contribution in [0, 0.1) is 0 Å². The molecule has 0 saturated heterocycles. The van der Waals surface area contributed by atoms with Crippen molar-refractivity contribution in [1.82, 2.24) is 0 Å². The Morgan fingerprint density at radius 2 is 2.22 bits per heavy atom. The summed E-state index contributed by atoms with van der Waals surface area (Å²) in [5.74, 6) is -0.153. The van der Waals surface area contributed by atoms with Gasteiger partial charge in [-0.3, -0.25) is 4.79 Å². The molecule has 5 heteroatoms. The topological polar surface area (TPSA) is 55.1 Å². The number of hydrogen-bond acceptors (Lipinski definition) is 3. The van der Waals surface area contributed by atoms with Crippen molar-refractivity contribution < 1.29 is 4.79 Å². The Hall–Kier alpha value is -1.33. The van der Waals surface area contributed by atoms with Crippen LogP contribution < -0.4 is 11.1 Å².